The molecule has 2 amide bonds. The number of nitrogens with one attached hydrogen (secondary N) is 1. The fraction of sp³-hybridized carbons (Fsp3) is 0.192. The number of hydrogen-bond acceptors (Lipinski definition) is 4. The highest BCUT2D eigenvalue weighted by Crippen LogP contribution is 2.40. The second-order valence-corrected chi connectivity index (χ2v) is 8.41. The summed E-state index contributed by atoms with van der Waals surface area (Å²) in [4.78, 5) is 37.7. The van der Waals surface area contributed by atoms with E-state index in [1.165, 1.54) is 0 Å². The zero-order valence-corrected chi connectivity index (χ0v) is 17.3. The number of rotatable bonds is 3. The number of amides is 2. The van der Waals surface area contributed by atoms with E-state index in [1.54, 1.807) is 6.26 Å². The van der Waals surface area contributed by atoms with Crippen LogP contribution in [0.15, 0.2) is 65.4 Å². The van der Waals surface area contributed by atoms with E-state index in [2.05, 4.69) is 9.88 Å². The topological polar surface area (TPSA) is 81.3 Å². The van der Waals surface area contributed by atoms with Crippen LogP contribution in [-0.4, -0.2) is 22.2 Å². The van der Waals surface area contributed by atoms with E-state index >= 15 is 0 Å². The molecule has 1 saturated carbocycles. The number of nitrogens with zero attached hydrogens (tertiary/aromatic N) is 1. The van der Waals surface area contributed by atoms with Crippen molar-refractivity contribution in [3.8, 4) is 0 Å². The van der Waals surface area contributed by atoms with Gasteiger partial charge in [0.15, 0.2) is 0 Å². The molecule has 2 aromatic carbocycles. The van der Waals surface area contributed by atoms with E-state index in [9.17, 15) is 14.4 Å². The summed E-state index contributed by atoms with van der Waals surface area (Å²) in [5.41, 5.74) is 3.60. The van der Waals surface area contributed by atoms with Crippen molar-refractivity contribution in [3.63, 3.8) is 0 Å². The van der Waals surface area contributed by atoms with Crippen LogP contribution >= 0.6 is 0 Å². The molecule has 0 radical (unpaired) electrons. The molecule has 2 aliphatic rings. The zero-order valence-electron chi connectivity index (χ0n) is 17.3. The first-order chi connectivity index (χ1) is 15.6. The molecule has 1 fully saturated rings. The first-order valence-electron chi connectivity index (χ1n) is 10.8. The summed E-state index contributed by atoms with van der Waals surface area (Å²) in [6.45, 7) is 0. The molecule has 0 bridgehead atoms. The zero-order chi connectivity index (χ0) is 21.8. The maximum atomic E-state index is 13.0. The highest BCUT2D eigenvalue weighted by molar-refractivity contribution is 6.50. The van der Waals surface area contributed by atoms with Gasteiger partial charge in [-0.1, -0.05) is 36.4 Å². The standard InChI is InChI=1S/C26H20N2O4/c29-17-10-8-16(9-11-17)28-14-20(18-5-1-2-7-21(18)28)23-22(25(30)27-26(23)31)19-6-3-4-15-12-13-32-24(15)19/h1-7,12-14,16H,8-11H2,(H,27,30,31). The molecule has 0 saturated heterocycles. The molecule has 6 rings (SSSR count). The van der Waals surface area contributed by atoms with Crippen LogP contribution in [-0.2, 0) is 14.4 Å². The number of hydrogen-bond donors (Lipinski definition) is 1. The molecule has 4 aromatic rings. The van der Waals surface area contributed by atoms with Crippen molar-refractivity contribution < 1.29 is 18.8 Å². The summed E-state index contributed by atoms with van der Waals surface area (Å²) in [6.07, 6.45) is 6.25. The molecule has 0 spiro atoms. The Kier molecular flexibility index (Phi) is 4.15. The number of ketones is 1. The van der Waals surface area contributed by atoms with Gasteiger partial charge in [-0.05, 0) is 25.0 Å². The molecule has 3 heterocycles. The minimum atomic E-state index is -0.422. The number of furan rings is 1. The number of carbonyl (C=O) groups is 3. The summed E-state index contributed by atoms with van der Waals surface area (Å²) in [5.74, 6) is -0.528. The quantitative estimate of drug-likeness (QED) is 0.486. The third-order valence-corrected chi connectivity index (χ3v) is 6.60. The van der Waals surface area contributed by atoms with Crippen molar-refractivity contribution >= 4 is 50.6 Å². The highest BCUT2D eigenvalue weighted by Gasteiger charge is 2.35. The fourth-order valence-corrected chi connectivity index (χ4v) is 5.07. The average molecular weight is 424 g/mol. The Morgan fingerprint density at radius 3 is 2.41 bits per heavy atom. The van der Waals surface area contributed by atoms with Gasteiger partial charge >= 0.3 is 0 Å². The average Bonchev–Trinajstić information content (AvgIpc) is 3.49. The van der Waals surface area contributed by atoms with Crippen LogP contribution in [0, 0.1) is 0 Å². The Morgan fingerprint density at radius 2 is 1.59 bits per heavy atom. The van der Waals surface area contributed by atoms with E-state index in [0.717, 1.165) is 34.7 Å². The van der Waals surface area contributed by atoms with E-state index in [0.29, 0.717) is 40.9 Å². The van der Waals surface area contributed by atoms with Gasteiger partial charge in [-0.3, -0.25) is 19.7 Å². The predicted molar refractivity (Wildman–Crippen MR) is 121 cm³/mol. The van der Waals surface area contributed by atoms with E-state index in [-0.39, 0.29) is 6.04 Å². The maximum absolute atomic E-state index is 13.0. The first-order valence-corrected chi connectivity index (χ1v) is 10.8. The Labute approximate surface area is 183 Å². The monoisotopic (exact) mass is 424 g/mol. The van der Waals surface area contributed by atoms with Gasteiger partial charge in [-0.25, -0.2) is 0 Å². The van der Waals surface area contributed by atoms with Gasteiger partial charge in [-0.15, -0.1) is 0 Å². The van der Waals surface area contributed by atoms with E-state index in [4.69, 9.17) is 4.42 Å². The van der Waals surface area contributed by atoms with Crippen LogP contribution in [0.5, 0.6) is 0 Å². The molecule has 0 atom stereocenters. The van der Waals surface area contributed by atoms with Crippen molar-refractivity contribution in [2.45, 2.75) is 31.7 Å². The fourth-order valence-electron chi connectivity index (χ4n) is 5.07. The van der Waals surface area contributed by atoms with Crippen LogP contribution in [0.2, 0.25) is 0 Å². The van der Waals surface area contributed by atoms with Crippen LogP contribution in [0.1, 0.15) is 42.9 Å². The SMILES string of the molecule is O=C1CCC(n2cc(C3=C(c4cccc5ccoc45)C(=O)NC3=O)c3ccccc32)CC1. The van der Waals surface area contributed by atoms with Gasteiger partial charge in [0.1, 0.15) is 11.4 Å². The normalized spacial score (nSPS) is 17.7. The van der Waals surface area contributed by atoms with Gasteiger partial charge in [0, 0.05) is 52.5 Å². The number of benzene rings is 2. The molecule has 158 valence electrons. The number of carbonyl (C=O) groups excluding carboxylic acids is 3. The lowest BCUT2D eigenvalue weighted by Gasteiger charge is -2.23. The van der Waals surface area contributed by atoms with E-state index < -0.39 is 11.8 Å². The number of imide groups is 1. The summed E-state index contributed by atoms with van der Waals surface area (Å²) in [7, 11) is 0. The molecule has 1 N–H and O–H groups in total. The van der Waals surface area contributed by atoms with Crippen LogP contribution in [0.3, 0.4) is 0 Å². The Bertz CT molecular complexity index is 1460. The first kappa shape index (κ1) is 18.8. The molecule has 6 nitrogen and oxygen atoms in total. The second-order valence-electron chi connectivity index (χ2n) is 8.41. The number of fused-ring (bicyclic) bond motifs is 2. The molecule has 32 heavy (non-hydrogen) atoms. The Balaban J connectivity index is 1.60. The van der Waals surface area contributed by atoms with Crippen molar-refractivity contribution in [3.05, 3.63) is 72.1 Å². The number of para-hydroxylation sites is 2. The number of Topliss-reactive ketones (excluding diaryl/α,β-unsaturated/α-hetero) is 1. The summed E-state index contributed by atoms with van der Waals surface area (Å²) in [6, 6.07) is 15.5. The molecular formula is C26H20N2O4. The van der Waals surface area contributed by atoms with Crippen molar-refractivity contribution in [2.24, 2.45) is 0 Å². The maximum Gasteiger partial charge on any atom is 0.259 e. The minimum absolute atomic E-state index is 0.184. The lowest BCUT2D eigenvalue weighted by molar-refractivity contribution is -0.123. The Hall–Kier alpha value is -3.93. The summed E-state index contributed by atoms with van der Waals surface area (Å²) in [5, 5.41) is 4.26. The van der Waals surface area contributed by atoms with Gasteiger partial charge in [0.05, 0.1) is 17.4 Å². The highest BCUT2D eigenvalue weighted by atomic mass is 16.3. The van der Waals surface area contributed by atoms with E-state index in [1.807, 2.05) is 54.7 Å². The van der Waals surface area contributed by atoms with Crippen molar-refractivity contribution in [1.29, 1.82) is 0 Å². The van der Waals surface area contributed by atoms with Crippen LogP contribution < -0.4 is 5.32 Å². The largest absolute Gasteiger partial charge is 0.464 e. The number of aromatic nitrogens is 1. The molecule has 6 heteroatoms. The second kappa shape index (κ2) is 7.05. The van der Waals surface area contributed by atoms with Gasteiger partial charge < -0.3 is 8.98 Å². The third kappa shape index (κ3) is 2.76. The molecule has 1 aliphatic heterocycles. The van der Waals surface area contributed by atoms with Gasteiger partial charge in [0.25, 0.3) is 11.8 Å². The van der Waals surface area contributed by atoms with Crippen LogP contribution in [0.4, 0.5) is 0 Å². The molecule has 0 unspecified atom stereocenters. The minimum Gasteiger partial charge on any atom is -0.464 e. The smallest absolute Gasteiger partial charge is 0.259 e. The van der Waals surface area contributed by atoms with Crippen LogP contribution in [0.25, 0.3) is 33.0 Å². The third-order valence-electron chi connectivity index (χ3n) is 6.60. The summed E-state index contributed by atoms with van der Waals surface area (Å²) >= 11 is 0. The summed E-state index contributed by atoms with van der Waals surface area (Å²) < 4.78 is 7.84. The lowest BCUT2D eigenvalue weighted by Crippen LogP contribution is -2.22. The molecule has 1 aliphatic carbocycles. The predicted octanol–water partition coefficient (Wildman–Crippen LogP) is 4.64. The lowest BCUT2D eigenvalue weighted by atomic mass is 9.94. The molecule has 2 aromatic heterocycles. The van der Waals surface area contributed by atoms with Gasteiger partial charge in [-0.2, -0.15) is 0 Å². The Morgan fingerprint density at radius 1 is 0.844 bits per heavy atom. The van der Waals surface area contributed by atoms with Gasteiger partial charge in [0.2, 0.25) is 0 Å². The van der Waals surface area contributed by atoms with Crippen molar-refractivity contribution in [1.82, 2.24) is 9.88 Å². The van der Waals surface area contributed by atoms with Crippen molar-refractivity contribution in [2.75, 3.05) is 0 Å². The molecular weight excluding hydrogens is 404 g/mol.